The highest BCUT2D eigenvalue weighted by Gasteiger charge is 2.25. The Morgan fingerprint density at radius 1 is 0.921 bits per heavy atom. The molecule has 2 heteroatoms. The van der Waals surface area contributed by atoms with E-state index in [-0.39, 0.29) is 0 Å². The molecule has 2 aliphatic carbocycles. The van der Waals surface area contributed by atoms with Crippen LogP contribution in [-0.2, 0) is 19.4 Å². The van der Waals surface area contributed by atoms with Crippen LogP contribution in [0.2, 0.25) is 0 Å². The van der Waals surface area contributed by atoms with Crippen molar-refractivity contribution in [2.45, 2.75) is 60.4 Å². The molecule has 0 spiro atoms. The van der Waals surface area contributed by atoms with Crippen molar-refractivity contribution >= 4 is 6.72 Å². The molecule has 196 valence electrons. The summed E-state index contributed by atoms with van der Waals surface area (Å²) in [6.07, 6.45) is 9.54. The molecule has 0 amide bonds. The maximum atomic E-state index is 3.97. The van der Waals surface area contributed by atoms with Gasteiger partial charge in [-0.2, -0.15) is 0 Å². The fourth-order valence-corrected chi connectivity index (χ4v) is 5.73. The standard InChI is InChI=1S/C32H32N2.C4H10/c1-23-18-26(20-27-13-9-15-30-29-14-8-7-12-28(29)21-31(27)30)19-24(2)32(23)34(17-16-33-3)22-25-10-5-4-6-11-25;1-4(2)3/h4-18,26H,3,19-22H2,1-2H3;4H,1-3H3/b17-16-;. The quantitative estimate of drug-likeness (QED) is 0.230. The maximum Gasteiger partial charge on any atom is 0.0476 e. The van der Waals surface area contributed by atoms with E-state index in [0.717, 1.165) is 31.7 Å². The molecule has 0 aromatic heterocycles. The van der Waals surface area contributed by atoms with Crippen LogP contribution in [-0.4, -0.2) is 11.6 Å². The summed E-state index contributed by atoms with van der Waals surface area (Å²) in [5.74, 6) is 1.35. The average Bonchev–Trinajstić information content (AvgIpc) is 3.27. The Morgan fingerprint density at radius 3 is 2.32 bits per heavy atom. The minimum atomic E-state index is 0.513. The van der Waals surface area contributed by atoms with E-state index in [1.807, 2.05) is 0 Å². The normalized spacial score (nSPS) is 16.1. The van der Waals surface area contributed by atoms with Crippen LogP contribution >= 0.6 is 0 Å². The molecule has 1 unspecified atom stereocenters. The van der Waals surface area contributed by atoms with Crippen molar-refractivity contribution < 1.29 is 0 Å². The van der Waals surface area contributed by atoms with Gasteiger partial charge in [0.15, 0.2) is 0 Å². The van der Waals surface area contributed by atoms with Gasteiger partial charge in [0.05, 0.1) is 0 Å². The maximum absolute atomic E-state index is 3.97. The molecule has 0 aliphatic heterocycles. The molecule has 3 aromatic rings. The topological polar surface area (TPSA) is 15.6 Å². The fraction of sp³-hybridized carbons (Fsp3) is 0.306. The van der Waals surface area contributed by atoms with Gasteiger partial charge in [-0.05, 0) is 96.2 Å². The first-order chi connectivity index (χ1) is 18.4. The molecule has 5 rings (SSSR count). The van der Waals surface area contributed by atoms with Gasteiger partial charge >= 0.3 is 0 Å². The predicted molar refractivity (Wildman–Crippen MR) is 164 cm³/mol. The van der Waals surface area contributed by atoms with E-state index in [9.17, 15) is 0 Å². The number of fused-ring (bicyclic) bond motifs is 3. The Labute approximate surface area is 230 Å². The molecule has 0 heterocycles. The zero-order valence-corrected chi connectivity index (χ0v) is 23.7. The van der Waals surface area contributed by atoms with Gasteiger partial charge in [0.2, 0.25) is 0 Å². The van der Waals surface area contributed by atoms with Gasteiger partial charge in [0, 0.05) is 24.6 Å². The lowest BCUT2D eigenvalue weighted by molar-refractivity contribution is 0.445. The van der Waals surface area contributed by atoms with E-state index in [1.165, 1.54) is 50.2 Å². The molecule has 38 heavy (non-hydrogen) atoms. The molecule has 0 bridgehead atoms. The number of nitrogens with zero attached hydrogens (tertiary/aromatic N) is 2. The Hall–Kier alpha value is -3.65. The number of allylic oxidation sites excluding steroid dienone is 3. The van der Waals surface area contributed by atoms with Gasteiger partial charge in [-0.3, -0.25) is 4.99 Å². The molecular formula is C36H42N2. The van der Waals surface area contributed by atoms with E-state index in [2.05, 4.69) is 136 Å². The SMILES string of the molecule is C=N/C=C\N(Cc1ccccc1)C1=C(C)CC(Cc2cccc3c2Cc2ccccc2-3)C=C1C.CC(C)C. The monoisotopic (exact) mass is 502 g/mol. The minimum absolute atomic E-state index is 0.513. The summed E-state index contributed by atoms with van der Waals surface area (Å²) in [6, 6.07) is 26.3. The van der Waals surface area contributed by atoms with Gasteiger partial charge in [-0.25, -0.2) is 0 Å². The number of hydrogen-bond donors (Lipinski definition) is 0. The van der Waals surface area contributed by atoms with E-state index < -0.39 is 0 Å². The van der Waals surface area contributed by atoms with Crippen LogP contribution in [0.4, 0.5) is 0 Å². The smallest absolute Gasteiger partial charge is 0.0476 e. The van der Waals surface area contributed by atoms with Crippen molar-refractivity contribution in [1.82, 2.24) is 4.90 Å². The minimum Gasteiger partial charge on any atom is -0.342 e. The van der Waals surface area contributed by atoms with Crippen molar-refractivity contribution in [2.75, 3.05) is 0 Å². The molecule has 3 aromatic carbocycles. The van der Waals surface area contributed by atoms with E-state index in [1.54, 1.807) is 6.20 Å². The highest BCUT2D eigenvalue weighted by molar-refractivity contribution is 5.77. The lowest BCUT2D eigenvalue weighted by Gasteiger charge is -2.32. The number of rotatable bonds is 7. The number of aliphatic imine (C=N–C) groups is 1. The lowest BCUT2D eigenvalue weighted by Crippen LogP contribution is -2.22. The summed E-state index contributed by atoms with van der Waals surface area (Å²) >= 11 is 0. The zero-order valence-electron chi connectivity index (χ0n) is 23.7. The molecular weight excluding hydrogens is 460 g/mol. The highest BCUT2D eigenvalue weighted by atomic mass is 15.1. The van der Waals surface area contributed by atoms with E-state index >= 15 is 0 Å². The van der Waals surface area contributed by atoms with Crippen molar-refractivity contribution in [1.29, 1.82) is 0 Å². The van der Waals surface area contributed by atoms with Crippen LogP contribution in [0.3, 0.4) is 0 Å². The van der Waals surface area contributed by atoms with Gasteiger partial charge in [-0.15, -0.1) is 0 Å². The first-order valence-electron chi connectivity index (χ1n) is 13.9. The van der Waals surface area contributed by atoms with Crippen molar-refractivity contribution in [3.05, 3.63) is 130 Å². The molecule has 0 N–H and O–H groups in total. The van der Waals surface area contributed by atoms with Gasteiger partial charge < -0.3 is 4.90 Å². The van der Waals surface area contributed by atoms with Crippen molar-refractivity contribution in [3.8, 4) is 11.1 Å². The molecule has 2 nitrogen and oxygen atoms in total. The Kier molecular flexibility index (Phi) is 9.18. The first-order valence-corrected chi connectivity index (χ1v) is 13.9. The second kappa shape index (κ2) is 12.7. The average molecular weight is 503 g/mol. The van der Waals surface area contributed by atoms with Crippen LogP contribution in [0, 0.1) is 11.8 Å². The molecule has 0 saturated carbocycles. The summed E-state index contributed by atoms with van der Waals surface area (Å²) in [5.41, 5.74) is 12.7. The fourth-order valence-electron chi connectivity index (χ4n) is 5.73. The third kappa shape index (κ3) is 6.61. The third-order valence-electron chi connectivity index (χ3n) is 7.10. The third-order valence-corrected chi connectivity index (χ3v) is 7.10. The summed E-state index contributed by atoms with van der Waals surface area (Å²) in [6.45, 7) is 15.5. The van der Waals surface area contributed by atoms with Crippen molar-refractivity contribution in [3.63, 3.8) is 0 Å². The molecule has 0 radical (unpaired) electrons. The predicted octanol–water partition coefficient (Wildman–Crippen LogP) is 9.38. The molecule has 0 saturated heterocycles. The molecule has 1 atom stereocenters. The number of benzene rings is 3. The highest BCUT2D eigenvalue weighted by Crippen LogP contribution is 2.40. The lowest BCUT2D eigenvalue weighted by atomic mass is 9.83. The number of hydrogen-bond acceptors (Lipinski definition) is 2. The first kappa shape index (κ1) is 27.4. The second-order valence-electron chi connectivity index (χ2n) is 11.3. The van der Waals surface area contributed by atoms with E-state index in [0.29, 0.717) is 5.92 Å². The van der Waals surface area contributed by atoms with Crippen molar-refractivity contribution in [2.24, 2.45) is 16.8 Å². The molecule has 2 aliphatic rings. The van der Waals surface area contributed by atoms with E-state index in [4.69, 9.17) is 0 Å². The summed E-state index contributed by atoms with van der Waals surface area (Å²) in [4.78, 5) is 6.29. The van der Waals surface area contributed by atoms with Gasteiger partial charge in [-0.1, -0.05) is 99.6 Å². The largest absolute Gasteiger partial charge is 0.342 e. The van der Waals surface area contributed by atoms with Crippen LogP contribution in [0.25, 0.3) is 11.1 Å². The Bertz CT molecular complexity index is 1340. The zero-order chi connectivity index (χ0) is 27.1. The summed E-state index contributed by atoms with van der Waals surface area (Å²) in [5, 5.41) is 0. The van der Waals surface area contributed by atoms with Crippen LogP contribution in [0.1, 0.15) is 63.3 Å². The summed E-state index contributed by atoms with van der Waals surface area (Å²) in [7, 11) is 0. The Morgan fingerprint density at radius 2 is 1.61 bits per heavy atom. The van der Waals surface area contributed by atoms with Crippen LogP contribution in [0.5, 0.6) is 0 Å². The van der Waals surface area contributed by atoms with Crippen LogP contribution < -0.4 is 0 Å². The van der Waals surface area contributed by atoms with Crippen LogP contribution in [0.15, 0.2) is 113 Å². The Balaban J connectivity index is 0.000000786. The second-order valence-corrected chi connectivity index (χ2v) is 11.3. The summed E-state index contributed by atoms with van der Waals surface area (Å²) < 4.78 is 0. The van der Waals surface area contributed by atoms with Gasteiger partial charge in [0.25, 0.3) is 0 Å². The molecule has 0 fully saturated rings. The van der Waals surface area contributed by atoms with Gasteiger partial charge in [0.1, 0.15) is 0 Å².